The Labute approximate surface area is 121 Å². The molecule has 0 amide bonds. The van der Waals surface area contributed by atoms with Gasteiger partial charge in [-0.05, 0) is 12.1 Å². The van der Waals surface area contributed by atoms with Gasteiger partial charge in [0.25, 0.3) is 10.0 Å². The first-order valence-electron chi connectivity index (χ1n) is 5.94. The van der Waals surface area contributed by atoms with Gasteiger partial charge in [0.1, 0.15) is 5.82 Å². The quantitative estimate of drug-likeness (QED) is 0.853. The summed E-state index contributed by atoms with van der Waals surface area (Å²) in [5.74, 6) is -0.573. The maximum Gasteiger partial charge on any atom is 0.337 e. The second-order valence-electron chi connectivity index (χ2n) is 4.41. The van der Waals surface area contributed by atoms with Crippen LogP contribution in [-0.4, -0.2) is 45.4 Å². The Morgan fingerprint density at radius 3 is 2.57 bits per heavy atom. The van der Waals surface area contributed by atoms with Gasteiger partial charge in [-0.3, -0.25) is 0 Å². The number of nitrogens with zero attached hydrogens (tertiary/aromatic N) is 4. The highest BCUT2D eigenvalue weighted by atomic mass is 32.2. The second kappa shape index (κ2) is 5.62. The number of imidazole rings is 1. The number of hydrogen-bond acceptors (Lipinski definition) is 5. The summed E-state index contributed by atoms with van der Waals surface area (Å²) in [6, 6.07) is 2.38. The van der Waals surface area contributed by atoms with Crippen LogP contribution in [0.5, 0.6) is 0 Å². The van der Waals surface area contributed by atoms with Crippen LogP contribution in [0.4, 0.5) is 0 Å². The van der Waals surface area contributed by atoms with Crippen molar-refractivity contribution in [2.24, 2.45) is 7.05 Å². The fraction of sp³-hybridized carbons (Fsp3) is 0.250. The molecule has 0 fully saturated rings. The molecule has 0 radical (unpaired) electrons. The van der Waals surface area contributed by atoms with Crippen molar-refractivity contribution in [2.75, 3.05) is 7.05 Å². The van der Waals surface area contributed by atoms with Crippen molar-refractivity contribution >= 4 is 16.0 Å². The average Bonchev–Trinajstić information content (AvgIpc) is 2.84. The molecule has 9 heteroatoms. The molecular formula is C12H14N4O4S. The second-order valence-corrected chi connectivity index (χ2v) is 6.40. The van der Waals surface area contributed by atoms with Gasteiger partial charge in [-0.15, -0.1) is 0 Å². The molecular weight excluding hydrogens is 296 g/mol. The predicted molar refractivity (Wildman–Crippen MR) is 73.1 cm³/mol. The van der Waals surface area contributed by atoms with Gasteiger partial charge >= 0.3 is 5.97 Å². The summed E-state index contributed by atoms with van der Waals surface area (Å²) < 4.78 is 27.5. The Morgan fingerprint density at radius 2 is 2.10 bits per heavy atom. The van der Waals surface area contributed by atoms with E-state index in [1.807, 2.05) is 0 Å². The lowest BCUT2D eigenvalue weighted by atomic mass is 10.3. The molecule has 0 unspecified atom stereocenters. The average molecular weight is 310 g/mol. The molecule has 0 saturated heterocycles. The highest BCUT2D eigenvalue weighted by Gasteiger charge is 2.23. The third-order valence-corrected chi connectivity index (χ3v) is 4.66. The SMILES string of the molecule is CN(Cc1nccn1C)S(=O)(=O)c1ccc(C(=O)O)cn1. The van der Waals surface area contributed by atoms with Crippen LogP contribution in [0.1, 0.15) is 16.2 Å². The van der Waals surface area contributed by atoms with Crippen molar-refractivity contribution in [1.29, 1.82) is 0 Å². The van der Waals surface area contributed by atoms with Crippen LogP contribution < -0.4 is 0 Å². The number of rotatable bonds is 5. The molecule has 0 saturated carbocycles. The number of carboxylic acids is 1. The van der Waals surface area contributed by atoms with Gasteiger partial charge in [0.05, 0.1) is 12.1 Å². The predicted octanol–water partition coefficient (Wildman–Crippen LogP) is 0.334. The van der Waals surface area contributed by atoms with Gasteiger partial charge in [-0.2, -0.15) is 4.31 Å². The van der Waals surface area contributed by atoms with E-state index in [0.717, 1.165) is 10.5 Å². The zero-order valence-electron chi connectivity index (χ0n) is 11.5. The number of carbonyl (C=O) groups is 1. The maximum absolute atomic E-state index is 12.3. The van der Waals surface area contributed by atoms with Crippen molar-refractivity contribution in [2.45, 2.75) is 11.6 Å². The number of carboxylic acid groups (broad SMARTS) is 1. The largest absolute Gasteiger partial charge is 0.478 e. The molecule has 0 aliphatic carbocycles. The molecule has 21 heavy (non-hydrogen) atoms. The highest BCUT2D eigenvalue weighted by Crippen LogP contribution is 2.14. The van der Waals surface area contributed by atoms with E-state index in [2.05, 4.69) is 9.97 Å². The molecule has 0 bridgehead atoms. The first-order chi connectivity index (χ1) is 9.82. The summed E-state index contributed by atoms with van der Waals surface area (Å²) in [7, 11) is -0.618. The lowest BCUT2D eigenvalue weighted by Gasteiger charge is -2.16. The number of aryl methyl sites for hydroxylation is 1. The third-order valence-electron chi connectivity index (χ3n) is 2.94. The Morgan fingerprint density at radius 1 is 1.38 bits per heavy atom. The van der Waals surface area contributed by atoms with Crippen LogP contribution in [0, 0.1) is 0 Å². The molecule has 8 nitrogen and oxygen atoms in total. The van der Waals surface area contributed by atoms with Crippen molar-refractivity contribution in [3.8, 4) is 0 Å². The van der Waals surface area contributed by atoms with Crippen LogP contribution in [-0.2, 0) is 23.6 Å². The first kappa shape index (κ1) is 15.1. The Balaban J connectivity index is 2.24. The fourth-order valence-electron chi connectivity index (χ4n) is 1.65. The zero-order valence-corrected chi connectivity index (χ0v) is 12.3. The normalized spacial score (nSPS) is 11.8. The number of aromatic carboxylic acids is 1. The van der Waals surface area contributed by atoms with Gasteiger partial charge < -0.3 is 9.67 Å². The fourth-order valence-corrected chi connectivity index (χ4v) is 2.68. The van der Waals surface area contributed by atoms with E-state index < -0.39 is 16.0 Å². The van der Waals surface area contributed by atoms with E-state index in [9.17, 15) is 13.2 Å². The summed E-state index contributed by atoms with van der Waals surface area (Å²) in [5, 5.41) is 8.57. The molecule has 0 spiro atoms. The number of pyridine rings is 1. The molecule has 0 aliphatic heterocycles. The summed E-state index contributed by atoms with van der Waals surface area (Å²) >= 11 is 0. The highest BCUT2D eigenvalue weighted by molar-refractivity contribution is 7.89. The monoisotopic (exact) mass is 310 g/mol. The van der Waals surface area contributed by atoms with E-state index >= 15 is 0 Å². The van der Waals surface area contributed by atoms with Crippen LogP contribution >= 0.6 is 0 Å². The third kappa shape index (κ3) is 3.09. The Kier molecular flexibility index (Phi) is 4.05. The Hall–Kier alpha value is -2.26. The van der Waals surface area contributed by atoms with E-state index in [0.29, 0.717) is 5.82 Å². The van der Waals surface area contributed by atoms with Gasteiger partial charge in [0, 0.05) is 32.7 Å². The van der Waals surface area contributed by atoms with Crippen molar-refractivity contribution in [3.05, 3.63) is 42.1 Å². The van der Waals surface area contributed by atoms with Crippen molar-refractivity contribution in [1.82, 2.24) is 18.8 Å². The van der Waals surface area contributed by atoms with E-state index in [4.69, 9.17) is 5.11 Å². The summed E-state index contributed by atoms with van der Waals surface area (Å²) in [5.41, 5.74) is -0.0688. The van der Waals surface area contributed by atoms with E-state index in [1.54, 1.807) is 24.0 Å². The lowest BCUT2D eigenvalue weighted by molar-refractivity contribution is 0.0696. The van der Waals surface area contributed by atoms with Crippen LogP contribution in [0.15, 0.2) is 35.7 Å². The van der Waals surface area contributed by atoms with Crippen LogP contribution in [0.25, 0.3) is 0 Å². The number of sulfonamides is 1. The van der Waals surface area contributed by atoms with Gasteiger partial charge in [0.2, 0.25) is 0 Å². The maximum atomic E-state index is 12.3. The van der Waals surface area contributed by atoms with E-state index in [-0.39, 0.29) is 17.1 Å². The molecule has 0 aliphatic rings. The first-order valence-corrected chi connectivity index (χ1v) is 7.38. The summed E-state index contributed by atoms with van der Waals surface area (Å²) in [6.45, 7) is 0.0915. The summed E-state index contributed by atoms with van der Waals surface area (Å²) in [4.78, 5) is 18.5. The lowest BCUT2D eigenvalue weighted by Crippen LogP contribution is -2.28. The molecule has 2 heterocycles. The minimum Gasteiger partial charge on any atom is -0.478 e. The van der Waals surface area contributed by atoms with Crippen molar-refractivity contribution in [3.63, 3.8) is 0 Å². The molecule has 112 valence electrons. The van der Waals surface area contributed by atoms with Gasteiger partial charge in [-0.25, -0.2) is 23.2 Å². The molecule has 2 aromatic rings. The van der Waals surface area contributed by atoms with Crippen LogP contribution in [0.2, 0.25) is 0 Å². The molecule has 2 aromatic heterocycles. The standard InChI is InChI=1S/C12H14N4O4S/c1-15-6-5-13-10(15)8-16(2)21(19,20)11-4-3-9(7-14-11)12(17)18/h3-7H,8H2,1-2H3,(H,17,18). The number of hydrogen-bond donors (Lipinski definition) is 1. The van der Waals surface area contributed by atoms with Crippen LogP contribution in [0.3, 0.4) is 0 Å². The van der Waals surface area contributed by atoms with Gasteiger partial charge in [0.15, 0.2) is 5.03 Å². The topological polar surface area (TPSA) is 105 Å². The minimum atomic E-state index is -3.80. The zero-order chi connectivity index (χ0) is 15.6. The summed E-state index contributed by atoms with van der Waals surface area (Å²) in [6.07, 6.45) is 4.31. The number of aromatic nitrogens is 3. The Bertz CT molecular complexity index is 752. The van der Waals surface area contributed by atoms with Gasteiger partial charge in [-0.1, -0.05) is 0 Å². The molecule has 0 atom stereocenters. The molecule has 2 rings (SSSR count). The van der Waals surface area contributed by atoms with E-state index in [1.165, 1.54) is 19.2 Å². The smallest absolute Gasteiger partial charge is 0.337 e. The van der Waals surface area contributed by atoms with Crippen molar-refractivity contribution < 1.29 is 18.3 Å². The molecule has 0 aromatic carbocycles. The minimum absolute atomic E-state index is 0.0688. The molecule has 1 N–H and O–H groups in total.